The van der Waals surface area contributed by atoms with Gasteiger partial charge >= 0.3 is 0 Å². The number of aryl methyl sites for hydroxylation is 1. The first kappa shape index (κ1) is 9.29. The Balaban J connectivity index is 2.72. The molecule has 2 aromatic rings. The van der Waals surface area contributed by atoms with Crippen molar-refractivity contribution >= 4 is 26.8 Å². The molecule has 0 aliphatic heterocycles. The predicted molar refractivity (Wildman–Crippen MR) is 60.9 cm³/mol. The smallest absolute Gasteiger partial charge is 0.241 e. The third kappa shape index (κ3) is 1.42. The zero-order valence-electron chi connectivity index (χ0n) is 7.79. The first-order valence-corrected chi connectivity index (χ1v) is 5.08. The van der Waals surface area contributed by atoms with Crippen LogP contribution in [-0.4, -0.2) is 4.57 Å². The van der Waals surface area contributed by atoms with Gasteiger partial charge in [-0.2, -0.15) is 0 Å². The average molecular weight is 249 g/mol. The molecule has 0 unspecified atom stereocenters. The van der Waals surface area contributed by atoms with Crippen LogP contribution in [0.25, 0.3) is 15.7 Å². The second-order valence-corrected chi connectivity index (χ2v) is 4.16. The molecule has 0 fully saturated rings. The molecule has 3 heteroatoms. The highest BCUT2D eigenvalue weighted by Crippen LogP contribution is 2.24. The van der Waals surface area contributed by atoms with E-state index in [2.05, 4.69) is 37.5 Å². The molecule has 0 spiro atoms. The highest BCUT2D eigenvalue weighted by Gasteiger charge is 2.07. The molecule has 2 nitrogen and oxygen atoms in total. The molecule has 0 aliphatic carbocycles. The molecule has 0 amide bonds. The number of benzene rings is 1. The zero-order valence-corrected chi connectivity index (χ0v) is 9.37. The maximum atomic E-state index is 6.87. The average Bonchev–Trinajstić information content (AvgIpc) is 2.44. The van der Waals surface area contributed by atoms with E-state index in [1.165, 1.54) is 5.39 Å². The summed E-state index contributed by atoms with van der Waals surface area (Å²) in [5.74, 6) is 0. The minimum atomic E-state index is 0.457. The van der Waals surface area contributed by atoms with Crippen LogP contribution in [0.4, 0.5) is 0 Å². The van der Waals surface area contributed by atoms with Crippen LogP contribution in [0.2, 0.25) is 0 Å². The van der Waals surface area contributed by atoms with Gasteiger partial charge in [-0.25, -0.2) is 6.57 Å². The van der Waals surface area contributed by atoms with Gasteiger partial charge in [-0.1, -0.05) is 22.0 Å². The third-order valence-corrected chi connectivity index (χ3v) is 2.78. The topological polar surface area (TPSA) is 9.29 Å². The van der Waals surface area contributed by atoms with Crippen LogP contribution in [0, 0.1) is 6.57 Å². The number of halogens is 1. The fourth-order valence-corrected chi connectivity index (χ4v) is 2.00. The Morgan fingerprint density at radius 3 is 3.00 bits per heavy atom. The summed E-state index contributed by atoms with van der Waals surface area (Å²) in [5, 5.41) is 1.17. The predicted octanol–water partition coefficient (Wildman–Crippen LogP) is 3.36. The van der Waals surface area contributed by atoms with Gasteiger partial charge in [0.25, 0.3) is 0 Å². The summed E-state index contributed by atoms with van der Waals surface area (Å²) in [6.07, 6.45) is 2.02. The Kier molecular flexibility index (Phi) is 2.30. The normalized spacial score (nSPS) is 10.4. The molecule has 70 valence electrons. The van der Waals surface area contributed by atoms with Gasteiger partial charge in [0.05, 0.1) is 5.56 Å². The van der Waals surface area contributed by atoms with Crippen molar-refractivity contribution in [2.24, 2.45) is 7.05 Å². The molecule has 0 aliphatic rings. The highest BCUT2D eigenvalue weighted by atomic mass is 79.9. The molecule has 0 atom stereocenters. The number of rotatable bonds is 1. The van der Waals surface area contributed by atoms with E-state index in [0.29, 0.717) is 6.54 Å². The van der Waals surface area contributed by atoms with Gasteiger partial charge in [0.2, 0.25) is 6.54 Å². The third-order valence-electron chi connectivity index (χ3n) is 2.28. The summed E-state index contributed by atoms with van der Waals surface area (Å²) in [6.45, 7) is 7.33. The lowest BCUT2D eigenvalue weighted by Gasteiger charge is -1.95. The van der Waals surface area contributed by atoms with Crippen molar-refractivity contribution in [1.82, 2.24) is 4.57 Å². The van der Waals surface area contributed by atoms with Crippen LogP contribution < -0.4 is 0 Å². The van der Waals surface area contributed by atoms with Crippen LogP contribution in [0.1, 0.15) is 5.56 Å². The Labute approximate surface area is 91.1 Å². The molecule has 2 rings (SSSR count). The van der Waals surface area contributed by atoms with E-state index in [1.807, 2.05) is 19.3 Å². The monoisotopic (exact) mass is 248 g/mol. The van der Waals surface area contributed by atoms with Gasteiger partial charge in [-0.05, 0) is 12.1 Å². The second-order valence-electron chi connectivity index (χ2n) is 3.24. The Bertz CT molecular complexity index is 520. The molecular weight excluding hydrogens is 240 g/mol. The van der Waals surface area contributed by atoms with Crippen molar-refractivity contribution in [2.75, 3.05) is 0 Å². The summed E-state index contributed by atoms with van der Waals surface area (Å²) in [4.78, 5) is 3.42. The standard InChI is InChI=1S/C11H9BrN2/c1-13-6-8-7-14(2)11-5-9(12)3-4-10(8)11/h3-5,7H,6H2,2H3. The van der Waals surface area contributed by atoms with Crippen molar-refractivity contribution in [3.05, 3.63) is 45.8 Å². The van der Waals surface area contributed by atoms with Gasteiger partial charge in [0, 0.05) is 28.6 Å². The first-order valence-electron chi connectivity index (χ1n) is 4.29. The summed E-state index contributed by atoms with van der Waals surface area (Å²) >= 11 is 3.44. The quantitative estimate of drug-likeness (QED) is 0.685. The van der Waals surface area contributed by atoms with Crippen molar-refractivity contribution in [3.8, 4) is 0 Å². The van der Waals surface area contributed by atoms with Crippen LogP contribution in [0.3, 0.4) is 0 Å². The lowest BCUT2D eigenvalue weighted by atomic mass is 10.2. The Morgan fingerprint density at radius 1 is 1.50 bits per heavy atom. The van der Waals surface area contributed by atoms with Crippen LogP contribution in [0.15, 0.2) is 28.9 Å². The van der Waals surface area contributed by atoms with Crippen LogP contribution >= 0.6 is 15.9 Å². The lowest BCUT2D eigenvalue weighted by molar-refractivity contribution is 0.959. The van der Waals surface area contributed by atoms with E-state index in [-0.39, 0.29) is 0 Å². The van der Waals surface area contributed by atoms with E-state index in [9.17, 15) is 0 Å². The molecule has 0 N–H and O–H groups in total. The van der Waals surface area contributed by atoms with E-state index in [1.54, 1.807) is 0 Å². The number of hydrogen-bond donors (Lipinski definition) is 0. The van der Waals surface area contributed by atoms with Crippen molar-refractivity contribution < 1.29 is 0 Å². The highest BCUT2D eigenvalue weighted by molar-refractivity contribution is 9.10. The SMILES string of the molecule is [C-]#[N+]Cc1cn(C)c2cc(Br)ccc12. The van der Waals surface area contributed by atoms with Gasteiger partial charge in [0.1, 0.15) is 0 Å². The molecule has 14 heavy (non-hydrogen) atoms. The number of aromatic nitrogens is 1. The summed E-state index contributed by atoms with van der Waals surface area (Å²) < 4.78 is 3.13. The molecule has 1 aromatic heterocycles. The van der Waals surface area contributed by atoms with Gasteiger partial charge < -0.3 is 9.41 Å². The molecule has 1 aromatic carbocycles. The zero-order chi connectivity index (χ0) is 10.1. The molecule has 1 heterocycles. The Morgan fingerprint density at radius 2 is 2.29 bits per heavy atom. The Hall–Kier alpha value is -1.27. The summed E-state index contributed by atoms with van der Waals surface area (Å²) in [5.41, 5.74) is 2.27. The number of fused-ring (bicyclic) bond motifs is 1. The van der Waals surface area contributed by atoms with Crippen molar-refractivity contribution in [2.45, 2.75) is 6.54 Å². The van der Waals surface area contributed by atoms with Crippen LogP contribution in [-0.2, 0) is 13.6 Å². The van der Waals surface area contributed by atoms with Crippen molar-refractivity contribution in [3.63, 3.8) is 0 Å². The molecule has 0 bridgehead atoms. The van der Waals surface area contributed by atoms with Gasteiger partial charge in [-0.3, -0.25) is 0 Å². The number of hydrogen-bond acceptors (Lipinski definition) is 0. The second kappa shape index (κ2) is 3.47. The largest absolute Gasteiger partial charge is 0.350 e. The molecule has 0 saturated heterocycles. The summed E-state index contributed by atoms with van der Waals surface area (Å²) in [6, 6.07) is 6.14. The number of nitrogens with zero attached hydrogens (tertiary/aromatic N) is 2. The minimum Gasteiger partial charge on any atom is -0.350 e. The van der Waals surface area contributed by atoms with E-state index < -0.39 is 0 Å². The van der Waals surface area contributed by atoms with Crippen LogP contribution in [0.5, 0.6) is 0 Å². The van der Waals surface area contributed by atoms with E-state index >= 15 is 0 Å². The van der Waals surface area contributed by atoms with E-state index in [4.69, 9.17) is 6.57 Å². The van der Waals surface area contributed by atoms with Gasteiger partial charge in [-0.15, -0.1) is 0 Å². The first-order chi connectivity index (χ1) is 6.72. The maximum Gasteiger partial charge on any atom is 0.241 e. The van der Waals surface area contributed by atoms with Gasteiger partial charge in [0.15, 0.2) is 0 Å². The lowest BCUT2D eigenvalue weighted by Crippen LogP contribution is -1.82. The van der Waals surface area contributed by atoms with E-state index in [0.717, 1.165) is 15.6 Å². The summed E-state index contributed by atoms with van der Waals surface area (Å²) in [7, 11) is 2.00. The minimum absolute atomic E-state index is 0.457. The molecule has 0 radical (unpaired) electrons. The van der Waals surface area contributed by atoms with Crippen molar-refractivity contribution in [1.29, 1.82) is 0 Å². The molecular formula is C11H9BrN2. The maximum absolute atomic E-state index is 6.87. The fourth-order valence-electron chi connectivity index (χ4n) is 1.65. The molecule has 0 saturated carbocycles. The fraction of sp³-hybridized carbons (Fsp3) is 0.182.